The van der Waals surface area contributed by atoms with Gasteiger partial charge < -0.3 is 14.6 Å². The molecule has 0 fully saturated rings. The molecule has 1 N–H and O–H groups in total. The van der Waals surface area contributed by atoms with E-state index in [0.29, 0.717) is 6.54 Å². The van der Waals surface area contributed by atoms with Crippen LogP contribution in [0.2, 0.25) is 0 Å². The molecule has 1 unspecified atom stereocenters. The molecule has 0 amide bonds. The number of rotatable bonds is 6. The monoisotopic (exact) mass is 275 g/mol. The lowest BCUT2D eigenvalue weighted by molar-refractivity contribution is 0.413. The Hall–Kier alpha value is -2.01. The Morgan fingerprint density at radius 1 is 1.25 bits per heavy atom. The van der Waals surface area contributed by atoms with Gasteiger partial charge in [0.05, 0.1) is 13.2 Å². The van der Waals surface area contributed by atoms with E-state index in [9.17, 15) is 4.79 Å². The Morgan fingerprint density at radius 2 is 1.95 bits per heavy atom. The highest BCUT2D eigenvalue weighted by Gasteiger charge is 2.12. The van der Waals surface area contributed by atoms with E-state index in [2.05, 4.69) is 12.2 Å². The highest BCUT2D eigenvalue weighted by molar-refractivity contribution is 5.29. The average molecular weight is 275 g/mol. The summed E-state index contributed by atoms with van der Waals surface area (Å²) >= 11 is 0. The lowest BCUT2D eigenvalue weighted by atomic mass is 10.1. The SMILES string of the molecule is CCNC(Cn1ccn(C)c1=O)c1ccc(OC)cc1. The van der Waals surface area contributed by atoms with Gasteiger partial charge in [-0.3, -0.25) is 4.57 Å². The molecule has 2 aromatic rings. The van der Waals surface area contributed by atoms with Gasteiger partial charge in [-0.15, -0.1) is 0 Å². The van der Waals surface area contributed by atoms with Crippen molar-refractivity contribution in [3.05, 3.63) is 52.7 Å². The van der Waals surface area contributed by atoms with Gasteiger partial charge in [0.15, 0.2) is 0 Å². The summed E-state index contributed by atoms with van der Waals surface area (Å²) in [5.74, 6) is 0.834. The maximum atomic E-state index is 11.9. The van der Waals surface area contributed by atoms with Crippen LogP contribution in [0.4, 0.5) is 0 Å². The number of hydrogen-bond acceptors (Lipinski definition) is 3. The fraction of sp³-hybridized carbons (Fsp3) is 0.400. The van der Waals surface area contributed by atoms with E-state index in [1.54, 1.807) is 29.5 Å². The second-order valence-corrected chi connectivity index (χ2v) is 4.73. The van der Waals surface area contributed by atoms with Crippen molar-refractivity contribution in [2.45, 2.75) is 19.5 Å². The third-order valence-electron chi connectivity index (χ3n) is 3.37. The Labute approximate surface area is 118 Å². The molecule has 0 saturated carbocycles. The molecule has 0 spiro atoms. The summed E-state index contributed by atoms with van der Waals surface area (Å²) in [4.78, 5) is 11.9. The maximum Gasteiger partial charge on any atom is 0.327 e. The number of likely N-dealkylation sites (N-methyl/N-ethyl adjacent to an activating group) is 1. The first-order valence-corrected chi connectivity index (χ1v) is 6.74. The molecular formula is C15H21N3O2. The maximum absolute atomic E-state index is 11.9. The number of nitrogens with one attached hydrogen (secondary N) is 1. The first kappa shape index (κ1) is 14.4. The van der Waals surface area contributed by atoms with Gasteiger partial charge in [0.25, 0.3) is 0 Å². The minimum Gasteiger partial charge on any atom is -0.497 e. The number of nitrogens with zero attached hydrogens (tertiary/aromatic N) is 2. The standard InChI is InChI=1S/C15H21N3O2/c1-4-16-14(11-18-10-9-17(2)15(18)19)12-5-7-13(20-3)8-6-12/h5-10,14,16H,4,11H2,1-3H3. The van der Waals surface area contributed by atoms with Crippen LogP contribution in [0.25, 0.3) is 0 Å². The molecule has 108 valence electrons. The summed E-state index contributed by atoms with van der Waals surface area (Å²) in [7, 11) is 3.41. The van der Waals surface area contributed by atoms with Crippen LogP contribution in [0.1, 0.15) is 18.5 Å². The van der Waals surface area contributed by atoms with E-state index in [4.69, 9.17) is 4.74 Å². The molecule has 0 radical (unpaired) electrons. The van der Waals surface area contributed by atoms with Crippen LogP contribution in [0, 0.1) is 0 Å². The van der Waals surface area contributed by atoms with Crippen LogP contribution in [0.5, 0.6) is 5.75 Å². The van der Waals surface area contributed by atoms with Gasteiger partial charge in [-0.1, -0.05) is 19.1 Å². The van der Waals surface area contributed by atoms with Crippen LogP contribution in [0.15, 0.2) is 41.5 Å². The van der Waals surface area contributed by atoms with E-state index >= 15 is 0 Å². The second-order valence-electron chi connectivity index (χ2n) is 4.73. The molecule has 1 aromatic carbocycles. The molecule has 0 saturated heterocycles. The van der Waals surface area contributed by atoms with E-state index < -0.39 is 0 Å². The molecular weight excluding hydrogens is 254 g/mol. The molecule has 5 heteroatoms. The lowest BCUT2D eigenvalue weighted by Gasteiger charge is -2.19. The number of benzene rings is 1. The van der Waals surface area contributed by atoms with Crippen LogP contribution >= 0.6 is 0 Å². The van der Waals surface area contributed by atoms with Gasteiger partial charge in [0.2, 0.25) is 0 Å². The topological polar surface area (TPSA) is 48.2 Å². The average Bonchev–Trinajstić information content (AvgIpc) is 2.79. The third kappa shape index (κ3) is 3.11. The molecule has 0 aliphatic heterocycles. The van der Waals surface area contributed by atoms with Gasteiger partial charge in [-0.25, -0.2) is 4.79 Å². The van der Waals surface area contributed by atoms with E-state index in [0.717, 1.165) is 17.9 Å². The summed E-state index contributed by atoms with van der Waals surface area (Å²) in [6, 6.07) is 8.03. The second kappa shape index (κ2) is 6.43. The minimum atomic E-state index is 0.00131. The predicted molar refractivity (Wildman–Crippen MR) is 79.1 cm³/mol. The minimum absolute atomic E-state index is 0.00131. The normalized spacial score (nSPS) is 12.3. The fourth-order valence-electron chi connectivity index (χ4n) is 2.22. The summed E-state index contributed by atoms with van der Waals surface area (Å²) < 4.78 is 8.47. The van der Waals surface area contributed by atoms with Crippen molar-refractivity contribution in [2.75, 3.05) is 13.7 Å². The molecule has 20 heavy (non-hydrogen) atoms. The number of methoxy groups -OCH3 is 1. The van der Waals surface area contributed by atoms with Crippen molar-refractivity contribution in [2.24, 2.45) is 7.05 Å². The molecule has 0 aliphatic carbocycles. The first-order chi connectivity index (χ1) is 9.65. The van der Waals surface area contributed by atoms with Crippen LogP contribution < -0.4 is 15.7 Å². The lowest BCUT2D eigenvalue weighted by Crippen LogP contribution is -2.30. The Kier molecular flexibility index (Phi) is 4.63. The molecule has 1 aromatic heterocycles. The number of hydrogen-bond donors (Lipinski definition) is 1. The molecule has 0 bridgehead atoms. The molecule has 0 aliphatic rings. The Bertz CT molecular complexity index is 598. The Morgan fingerprint density at radius 3 is 2.45 bits per heavy atom. The molecule has 1 heterocycles. The Balaban J connectivity index is 2.21. The summed E-state index contributed by atoms with van der Waals surface area (Å²) in [6.07, 6.45) is 3.59. The van der Waals surface area contributed by atoms with Crippen LogP contribution in [0.3, 0.4) is 0 Å². The van der Waals surface area contributed by atoms with Crippen LogP contribution in [-0.2, 0) is 13.6 Å². The highest BCUT2D eigenvalue weighted by Crippen LogP contribution is 2.18. The highest BCUT2D eigenvalue weighted by atomic mass is 16.5. The smallest absolute Gasteiger partial charge is 0.327 e. The van der Waals surface area contributed by atoms with Gasteiger partial charge in [-0.2, -0.15) is 0 Å². The number of aryl methyl sites for hydroxylation is 1. The van der Waals surface area contributed by atoms with Gasteiger partial charge >= 0.3 is 5.69 Å². The summed E-state index contributed by atoms with van der Waals surface area (Å²) in [6.45, 7) is 3.52. The van der Waals surface area contributed by atoms with Crippen molar-refractivity contribution in [1.29, 1.82) is 0 Å². The zero-order valence-electron chi connectivity index (χ0n) is 12.2. The van der Waals surface area contributed by atoms with E-state index in [1.165, 1.54) is 0 Å². The van der Waals surface area contributed by atoms with Crippen molar-refractivity contribution in [3.63, 3.8) is 0 Å². The number of aromatic nitrogens is 2. The number of ether oxygens (including phenoxy) is 1. The van der Waals surface area contributed by atoms with Crippen molar-refractivity contribution in [3.8, 4) is 5.75 Å². The predicted octanol–water partition coefficient (Wildman–Crippen LogP) is 1.55. The van der Waals surface area contributed by atoms with Crippen molar-refractivity contribution < 1.29 is 4.74 Å². The molecule has 5 nitrogen and oxygen atoms in total. The largest absolute Gasteiger partial charge is 0.497 e. The third-order valence-corrected chi connectivity index (χ3v) is 3.37. The van der Waals surface area contributed by atoms with Crippen LogP contribution in [-0.4, -0.2) is 22.8 Å². The first-order valence-electron chi connectivity index (χ1n) is 6.74. The van der Waals surface area contributed by atoms with E-state index in [1.807, 2.05) is 30.5 Å². The summed E-state index contributed by atoms with van der Waals surface area (Å²) in [5.41, 5.74) is 1.14. The summed E-state index contributed by atoms with van der Waals surface area (Å²) in [5, 5.41) is 3.41. The van der Waals surface area contributed by atoms with Gasteiger partial charge in [-0.05, 0) is 24.2 Å². The number of imidazole rings is 1. The van der Waals surface area contributed by atoms with E-state index in [-0.39, 0.29) is 11.7 Å². The zero-order valence-corrected chi connectivity index (χ0v) is 12.2. The zero-order chi connectivity index (χ0) is 14.5. The fourth-order valence-corrected chi connectivity index (χ4v) is 2.22. The van der Waals surface area contributed by atoms with Gasteiger partial charge in [0, 0.05) is 26.0 Å². The molecule has 2 rings (SSSR count). The quantitative estimate of drug-likeness (QED) is 0.870. The molecule has 1 atom stereocenters. The van der Waals surface area contributed by atoms with Crippen molar-refractivity contribution in [1.82, 2.24) is 14.5 Å². The van der Waals surface area contributed by atoms with Gasteiger partial charge in [0.1, 0.15) is 5.75 Å². The van der Waals surface area contributed by atoms with Crippen molar-refractivity contribution >= 4 is 0 Å².